The van der Waals surface area contributed by atoms with E-state index >= 15 is 0 Å². The molecule has 170 valence electrons. The molecule has 1 aromatic carbocycles. The van der Waals surface area contributed by atoms with Gasteiger partial charge in [-0.3, -0.25) is 9.89 Å². The van der Waals surface area contributed by atoms with Crippen LogP contribution in [0.25, 0.3) is 0 Å². The van der Waals surface area contributed by atoms with Crippen molar-refractivity contribution in [3.63, 3.8) is 0 Å². The Morgan fingerprint density at radius 1 is 1.18 bits per heavy atom. The highest BCUT2D eigenvalue weighted by Gasteiger charge is 2.58. The molecule has 3 aromatic rings. The van der Waals surface area contributed by atoms with E-state index in [1.54, 1.807) is 12.1 Å². The lowest BCUT2D eigenvalue weighted by Crippen LogP contribution is -2.44. The quantitative estimate of drug-likeness (QED) is 0.524. The third-order valence-electron chi connectivity index (χ3n) is 8.60. The minimum absolute atomic E-state index is 0.0496. The first kappa shape index (κ1) is 20.6. The van der Waals surface area contributed by atoms with Crippen molar-refractivity contribution in [2.45, 2.75) is 62.7 Å². The molecule has 6 rings (SSSR count). The lowest BCUT2D eigenvalue weighted by Gasteiger charge is -2.50. The Kier molecular flexibility index (Phi) is 4.86. The van der Waals surface area contributed by atoms with Gasteiger partial charge < -0.3 is 5.32 Å². The number of aromatic nitrogens is 3. The van der Waals surface area contributed by atoms with E-state index in [1.165, 1.54) is 41.3 Å². The fourth-order valence-corrected chi connectivity index (χ4v) is 7.33. The summed E-state index contributed by atoms with van der Waals surface area (Å²) in [6.45, 7) is 2.39. The van der Waals surface area contributed by atoms with Crippen LogP contribution in [0.3, 0.4) is 0 Å². The van der Waals surface area contributed by atoms with Crippen molar-refractivity contribution in [3.8, 4) is 0 Å². The second-order valence-electron chi connectivity index (χ2n) is 10.2. The predicted molar refractivity (Wildman–Crippen MR) is 124 cm³/mol. The number of H-pyrrole nitrogens is 1. The van der Waals surface area contributed by atoms with Crippen LogP contribution in [0.5, 0.6) is 0 Å². The Labute approximate surface area is 193 Å². The van der Waals surface area contributed by atoms with Crippen LogP contribution in [-0.2, 0) is 16.6 Å². The monoisotopic (exact) mass is 444 g/mol. The molecule has 5 nitrogen and oxygen atoms in total. The maximum atomic E-state index is 13.4. The average molecular weight is 445 g/mol. The molecule has 2 N–H and O–H groups in total. The number of aryl methyl sites for hydroxylation is 1. The number of aromatic amines is 1. The summed E-state index contributed by atoms with van der Waals surface area (Å²) in [7, 11) is 0. The Hall–Kier alpha value is -3.02. The number of nitrogens with one attached hydrogen (secondary N) is 2. The zero-order chi connectivity index (χ0) is 22.6. The topological polar surface area (TPSA) is 70.7 Å². The number of hydrogen-bond donors (Lipinski definition) is 2. The van der Waals surface area contributed by atoms with E-state index in [4.69, 9.17) is 5.10 Å². The number of carbonyl (C=O) groups excluding carboxylic acids is 1. The standard InChI is InChI=1S/C27H29FN4O/c1-27-14-13-18-17-6-3-2-5-16(17)9-10-19(18)25(27)20(21-15-29-32-26(21)27)11-12-24(33)31-23-8-4-7-22(28)30-23/h2-8,15,18-20,25H,9-14H2,1H3,(H,29,32)(H,30,31,33). The Morgan fingerprint density at radius 3 is 2.94 bits per heavy atom. The Balaban J connectivity index is 1.26. The number of anilines is 1. The van der Waals surface area contributed by atoms with Gasteiger partial charge in [-0.2, -0.15) is 9.49 Å². The largest absolute Gasteiger partial charge is 0.311 e. The summed E-state index contributed by atoms with van der Waals surface area (Å²) in [6, 6.07) is 13.4. The highest BCUT2D eigenvalue weighted by molar-refractivity contribution is 5.89. The Bertz CT molecular complexity index is 1210. The molecule has 3 aliphatic rings. The first-order valence-electron chi connectivity index (χ1n) is 12.1. The first-order chi connectivity index (χ1) is 16.0. The number of carbonyl (C=O) groups is 1. The third-order valence-corrected chi connectivity index (χ3v) is 8.60. The zero-order valence-electron chi connectivity index (χ0n) is 18.9. The number of halogens is 1. The van der Waals surface area contributed by atoms with Gasteiger partial charge in [0.1, 0.15) is 5.82 Å². The molecular weight excluding hydrogens is 415 g/mol. The highest BCUT2D eigenvalue weighted by Crippen LogP contribution is 2.64. The van der Waals surface area contributed by atoms with Gasteiger partial charge in [-0.05, 0) is 84.6 Å². The van der Waals surface area contributed by atoms with Crippen molar-refractivity contribution in [3.05, 3.63) is 77.0 Å². The summed E-state index contributed by atoms with van der Waals surface area (Å²) >= 11 is 0. The number of fused-ring (bicyclic) bond motifs is 7. The molecule has 3 aliphatic carbocycles. The lowest BCUT2D eigenvalue weighted by atomic mass is 9.53. The van der Waals surface area contributed by atoms with Crippen molar-refractivity contribution in [2.75, 3.05) is 5.32 Å². The molecule has 0 aliphatic heterocycles. The van der Waals surface area contributed by atoms with Crippen molar-refractivity contribution in [2.24, 2.45) is 11.8 Å². The van der Waals surface area contributed by atoms with E-state index in [-0.39, 0.29) is 17.1 Å². The molecule has 0 bridgehead atoms. The van der Waals surface area contributed by atoms with Gasteiger partial charge in [0, 0.05) is 18.0 Å². The summed E-state index contributed by atoms with van der Waals surface area (Å²) < 4.78 is 13.4. The summed E-state index contributed by atoms with van der Waals surface area (Å²) in [5, 5.41) is 10.6. The molecule has 0 saturated heterocycles. The van der Waals surface area contributed by atoms with Crippen LogP contribution in [-0.4, -0.2) is 21.1 Å². The van der Waals surface area contributed by atoms with Gasteiger partial charge in [0.25, 0.3) is 0 Å². The van der Waals surface area contributed by atoms with E-state index < -0.39 is 5.95 Å². The van der Waals surface area contributed by atoms with Crippen molar-refractivity contribution in [1.29, 1.82) is 0 Å². The van der Waals surface area contributed by atoms with Gasteiger partial charge in [-0.25, -0.2) is 4.98 Å². The van der Waals surface area contributed by atoms with Crippen LogP contribution in [0, 0.1) is 17.8 Å². The van der Waals surface area contributed by atoms with E-state index in [2.05, 4.69) is 52.8 Å². The fourth-order valence-electron chi connectivity index (χ4n) is 7.33. The second kappa shape index (κ2) is 7.79. The predicted octanol–water partition coefficient (Wildman–Crippen LogP) is 5.47. The van der Waals surface area contributed by atoms with Crippen molar-refractivity contribution >= 4 is 11.7 Å². The number of nitrogens with zero attached hydrogens (tertiary/aromatic N) is 2. The van der Waals surface area contributed by atoms with Crippen LogP contribution in [0.4, 0.5) is 10.2 Å². The first-order valence-corrected chi connectivity index (χ1v) is 12.1. The highest BCUT2D eigenvalue weighted by atomic mass is 19.1. The third kappa shape index (κ3) is 3.30. The number of amides is 1. The summed E-state index contributed by atoms with van der Waals surface area (Å²) in [6.07, 6.45) is 7.85. The maximum absolute atomic E-state index is 13.4. The van der Waals surface area contributed by atoms with Crippen molar-refractivity contribution in [1.82, 2.24) is 15.2 Å². The molecule has 2 aromatic heterocycles. The van der Waals surface area contributed by atoms with Gasteiger partial charge in [0.15, 0.2) is 0 Å². The fraction of sp³-hybridized carbons (Fsp3) is 0.444. The van der Waals surface area contributed by atoms with Crippen LogP contribution in [0.15, 0.2) is 48.7 Å². The van der Waals surface area contributed by atoms with Gasteiger partial charge in [-0.1, -0.05) is 37.3 Å². The molecule has 6 heteroatoms. The van der Waals surface area contributed by atoms with E-state index in [0.717, 1.165) is 19.3 Å². The molecule has 33 heavy (non-hydrogen) atoms. The summed E-state index contributed by atoms with van der Waals surface area (Å²) in [5.41, 5.74) is 5.60. The summed E-state index contributed by atoms with van der Waals surface area (Å²) in [4.78, 5) is 16.5. The SMILES string of the molecule is CC12CCC3c4ccccc4CCC3C1C(CCC(=O)Nc1cccc(F)n1)c1c[nH]nc12. The van der Waals surface area contributed by atoms with E-state index in [1.807, 2.05) is 0 Å². The van der Waals surface area contributed by atoms with E-state index in [9.17, 15) is 9.18 Å². The molecule has 1 amide bonds. The maximum Gasteiger partial charge on any atom is 0.225 e. The zero-order valence-corrected chi connectivity index (χ0v) is 18.9. The molecular formula is C27H29FN4O. The van der Waals surface area contributed by atoms with Gasteiger partial charge in [0.05, 0.1) is 5.69 Å². The molecule has 1 fully saturated rings. The smallest absolute Gasteiger partial charge is 0.225 e. The van der Waals surface area contributed by atoms with Crippen LogP contribution < -0.4 is 5.32 Å². The van der Waals surface area contributed by atoms with E-state index in [0.29, 0.717) is 30.1 Å². The minimum atomic E-state index is -0.590. The second-order valence-corrected chi connectivity index (χ2v) is 10.2. The van der Waals surface area contributed by atoms with Gasteiger partial charge in [0.2, 0.25) is 11.9 Å². The van der Waals surface area contributed by atoms with Crippen LogP contribution >= 0.6 is 0 Å². The molecule has 0 spiro atoms. The van der Waals surface area contributed by atoms with Crippen molar-refractivity contribution < 1.29 is 9.18 Å². The normalized spacial score (nSPS) is 29.5. The molecule has 0 radical (unpaired) electrons. The van der Waals surface area contributed by atoms with Crippen LogP contribution in [0.2, 0.25) is 0 Å². The molecule has 5 atom stereocenters. The number of benzene rings is 1. The molecule has 2 heterocycles. The average Bonchev–Trinajstić information content (AvgIpc) is 3.38. The minimum Gasteiger partial charge on any atom is -0.311 e. The van der Waals surface area contributed by atoms with Gasteiger partial charge in [-0.15, -0.1) is 0 Å². The van der Waals surface area contributed by atoms with Gasteiger partial charge >= 0.3 is 0 Å². The molecule has 1 saturated carbocycles. The number of rotatable bonds is 4. The van der Waals surface area contributed by atoms with Crippen LogP contribution in [0.1, 0.15) is 73.2 Å². The number of hydrogen-bond acceptors (Lipinski definition) is 3. The summed E-state index contributed by atoms with van der Waals surface area (Å²) in [5.74, 6) is 1.53. The lowest BCUT2D eigenvalue weighted by molar-refractivity contribution is -0.116. The Morgan fingerprint density at radius 2 is 2.06 bits per heavy atom. The number of pyridine rings is 1. The molecule has 5 unspecified atom stereocenters.